The van der Waals surface area contributed by atoms with Gasteiger partial charge < -0.3 is 15.4 Å². The number of nitrogens with one attached hydrogen (secondary N) is 2. The Balaban J connectivity index is 2.84. The zero-order chi connectivity index (χ0) is 10.6. The van der Waals surface area contributed by atoms with Crippen LogP contribution in [-0.2, 0) is 4.74 Å². The quantitative estimate of drug-likeness (QED) is 0.713. The predicted octanol–water partition coefficient (Wildman–Crippen LogP) is 1.91. The second-order valence-electron chi connectivity index (χ2n) is 2.41. The molecule has 0 spiro atoms. The minimum absolute atomic E-state index is 0.237. The van der Waals surface area contributed by atoms with Gasteiger partial charge in [-0.25, -0.2) is 9.18 Å². The molecule has 0 fully saturated rings. The van der Waals surface area contributed by atoms with E-state index in [4.69, 9.17) is 0 Å². The number of rotatable bonds is 2. The zero-order valence-corrected chi connectivity index (χ0v) is 7.33. The van der Waals surface area contributed by atoms with Gasteiger partial charge in [0.1, 0.15) is 5.82 Å². The van der Waals surface area contributed by atoms with Gasteiger partial charge in [-0.2, -0.15) is 0 Å². The summed E-state index contributed by atoms with van der Waals surface area (Å²) in [6, 6.07) is 3.54. The largest absolute Gasteiger partial charge is 0.761 e. The van der Waals surface area contributed by atoms with Gasteiger partial charge in [0.05, 0.1) is 12.8 Å². The Morgan fingerprint density at radius 2 is 2.29 bits per heavy atom. The Bertz CT molecular complexity index is 343. The van der Waals surface area contributed by atoms with E-state index in [1.165, 1.54) is 24.7 Å². The van der Waals surface area contributed by atoms with Crippen LogP contribution in [0.5, 0.6) is 0 Å². The molecule has 6 heteroatoms. The Hall–Kier alpha value is -1.82. The number of carbonyl (C=O) groups is 1. The van der Waals surface area contributed by atoms with Crippen molar-refractivity contribution in [2.75, 3.05) is 17.9 Å². The molecule has 2 N–H and O–H groups in total. The van der Waals surface area contributed by atoms with Crippen molar-refractivity contribution in [2.24, 2.45) is 0 Å². The van der Waals surface area contributed by atoms with Crippen molar-refractivity contribution in [2.45, 2.75) is 0 Å². The fourth-order valence-electron chi connectivity index (χ4n) is 0.850. The van der Waals surface area contributed by atoms with Crippen LogP contribution in [0, 0.1) is 11.0 Å². The van der Waals surface area contributed by atoms with E-state index in [-0.39, 0.29) is 11.4 Å². The van der Waals surface area contributed by atoms with Crippen molar-refractivity contribution in [3.05, 3.63) is 29.2 Å². The van der Waals surface area contributed by atoms with Gasteiger partial charge in [-0.15, -0.1) is 0 Å². The average Bonchev–Trinajstić information content (AvgIpc) is 2.20. The number of halogens is 1. The van der Waals surface area contributed by atoms with E-state index < -0.39 is 11.9 Å². The van der Waals surface area contributed by atoms with Gasteiger partial charge in [0, 0.05) is 5.69 Å². The van der Waals surface area contributed by atoms with E-state index in [9.17, 15) is 14.4 Å². The Labute approximate surface area is 79.4 Å². The predicted molar refractivity (Wildman–Crippen MR) is 49.4 cm³/mol. The lowest BCUT2D eigenvalue weighted by molar-refractivity contribution is 0.187. The number of carbonyl (C=O) groups excluding carboxylic acids is 1. The molecule has 1 aromatic carbocycles. The summed E-state index contributed by atoms with van der Waals surface area (Å²) in [5, 5.41) is 12.5. The molecule has 0 saturated carbocycles. The van der Waals surface area contributed by atoms with E-state index >= 15 is 0 Å². The first-order valence-electron chi connectivity index (χ1n) is 3.70. The van der Waals surface area contributed by atoms with E-state index in [2.05, 4.69) is 10.1 Å². The summed E-state index contributed by atoms with van der Waals surface area (Å²) >= 11 is 0. The van der Waals surface area contributed by atoms with Crippen molar-refractivity contribution in [3.8, 4) is 0 Å². The Morgan fingerprint density at radius 3 is 2.86 bits per heavy atom. The van der Waals surface area contributed by atoms with E-state index in [0.29, 0.717) is 0 Å². The van der Waals surface area contributed by atoms with Gasteiger partial charge in [0.25, 0.3) is 0 Å². The number of hydrogen-bond donors (Lipinski definition) is 2. The van der Waals surface area contributed by atoms with Gasteiger partial charge >= 0.3 is 6.09 Å². The summed E-state index contributed by atoms with van der Waals surface area (Å²) in [6.07, 6.45) is -0.687. The summed E-state index contributed by atoms with van der Waals surface area (Å²) in [7, 11) is 1.20. The topological polar surface area (TPSA) is 73.4 Å². The fraction of sp³-hybridized carbons (Fsp3) is 0.125. The van der Waals surface area contributed by atoms with Crippen LogP contribution < -0.4 is 10.8 Å². The number of hydrogen-bond acceptors (Lipinski definition) is 4. The minimum Gasteiger partial charge on any atom is -0.761 e. The third-order valence-electron chi connectivity index (χ3n) is 1.51. The zero-order valence-electron chi connectivity index (χ0n) is 7.33. The lowest BCUT2D eigenvalue weighted by atomic mass is 10.2. The smallest absolute Gasteiger partial charge is 0.411 e. The second-order valence-corrected chi connectivity index (χ2v) is 2.41. The Morgan fingerprint density at radius 1 is 1.57 bits per heavy atom. The van der Waals surface area contributed by atoms with E-state index in [0.717, 1.165) is 6.07 Å². The number of amides is 1. The maximum atomic E-state index is 12.8. The summed E-state index contributed by atoms with van der Waals surface area (Å²) in [6.45, 7) is 0. The molecule has 76 valence electrons. The molecule has 0 aliphatic heterocycles. The van der Waals surface area contributed by atoms with Gasteiger partial charge in [-0.3, -0.25) is 5.32 Å². The second kappa shape index (κ2) is 4.43. The van der Waals surface area contributed by atoms with Crippen molar-refractivity contribution in [3.63, 3.8) is 0 Å². The van der Waals surface area contributed by atoms with Gasteiger partial charge in [-0.1, -0.05) is 0 Å². The summed E-state index contributed by atoms with van der Waals surface area (Å²) in [4.78, 5) is 10.7. The molecule has 0 saturated heterocycles. The summed E-state index contributed by atoms with van der Waals surface area (Å²) in [5.41, 5.74) is 1.45. The van der Waals surface area contributed by atoms with Crippen LogP contribution in [0.1, 0.15) is 0 Å². The third kappa shape index (κ3) is 2.33. The molecular weight excluding hydrogens is 191 g/mol. The van der Waals surface area contributed by atoms with Crippen LogP contribution in [0.2, 0.25) is 0 Å². The molecule has 14 heavy (non-hydrogen) atoms. The molecule has 0 heterocycles. The number of benzene rings is 1. The minimum atomic E-state index is -0.687. The van der Waals surface area contributed by atoms with Crippen LogP contribution in [0.3, 0.4) is 0 Å². The lowest BCUT2D eigenvalue weighted by Gasteiger charge is -2.12. The van der Waals surface area contributed by atoms with Gasteiger partial charge in [-0.05, 0) is 18.2 Å². The number of anilines is 2. The number of ether oxygens (including phenoxy) is 1. The average molecular weight is 199 g/mol. The third-order valence-corrected chi connectivity index (χ3v) is 1.51. The first kappa shape index (κ1) is 10.3. The SMILES string of the molecule is COC(=O)Nc1ccc(F)c(N[O-])c1. The summed E-state index contributed by atoms with van der Waals surface area (Å²) < 4.78 is 17.1. The molecule has 0 atom stereocenters. The molecule has 5 nitrogen and oxygen atoms in total. The normalized spacial score (nSPS) is 9.36. The maximum absolute atomic E-state index is 12.8. The highest BCUT2D eigenvalue weighted by molar-refractivity contribution is 5.85. The highest BCUT2D eigenvalue weighted by Gasteiger charge is 2.03. The molecule has 1 aromatic rings. The molecule has 0 aliphatic carbocycles. The molecule has 0 bridgehead atoms. The molecule has 0 unspecified atom stereocenters. The monoisotopic (exact) mass is 199 g/mol. The first-order chi connectivity index (χ1) is 6.67. The van der Waals surface area contributed by atoms with Crippen molar-refractivity contribution >= 4 is 17.5 Å². The van der Waals surface area contributed by atoms with Crippen molar-refractivity contribution < 1.29 is 13.9 Å². The van der Waals surface area contributed by atoms with Crippen LogP contribution in [0.25, 0.3) is 0 Å². The van der Waals surface area contributed by atoms with Gasteiger partial charge in [0.15, 0.2) is 0 Å². The molecular formula is C8H8FN2O3-. The highest BCUT2D eigenvalue weighted by Crippen LogP contribution is 2.19. The fourth-order valence-corrected chi connectivity index (χ4v) is 0.850. The Kier molecular flexibility index (Phi) is 3.24. The maximum Gasteiger partial charge on any atom is 0.411 e. The van der Waals surface area contributed by atoms with Gasteiger partial charge in [0.2, 0.25) is 0 Å². The van der Waals surface area contributed by atoms with Crippen molar-refractivity contribution in [1.82, 2.24) is 0 Å². The molecule has 1 rings (SSSR count). The summed E-state index contributed by atoms with van der Waals surface area (Å²) in [5.74, 6) is -0.685. The van der Waals surface area contributed by atoms with Crippen LogP contribution >= 0.6 is 0 Å². The van der Waals surface area contributed by atoms with E-state index in [1.54, 1.807) is 0 Å². The van der Waals surface area contributed by atoms with Crippen LogP contribution in [-0.4, -0.2) is 13.2 Å². The highest BCUT2D eigenvalue weighted by atomic mass is 19.1. The molecule has 0 radical (unpaired) electrons. The van der Waals surface area contributed by atoms with Crippen LogP contribution in [0.15, 0.2) is 18.2 Å². The lowest BCUT2D eigenvalue weighted by Crippen LogP contribution is -2.11. The standard InChI is InChI=1S/C8H8FN2O3/c1-14-8(12)10-5-2-3-6(9)7(4-5)11-13/h2-4,11H,1H3,(H,10,12)/q-1. The number of methoxy groups -OCH3 is 1. The van der Waals surface area contributed by atoms with Crippen molar-refractivity contribution in [1.29, 1.82) is 0 Å². The molecule has 0 aromatic heterocycles. The molecule has 0 aliphatic rings. The van der Waals surface area contributed by atoms with Crippen LogP contribution in [0.4, 0.5) is 20.6 Å². The first-order valence-corrected chi connectivity index (χ1v) is 3.70. The van der Waals surface area contributed by atoms with E-state index in [1.807, 2.05) is 0 Å². The molecule has 1 amide bonds.